The van der Waals surface area contributed by atoms with Crippen LogP contribution in [0.1, 0.15) is 37.6 Å². The first-order valence-corrected chi connectivity index (χ1v) is 8.91. The topological polar surface area (TPSA) is 77.2 Å². The molecule has 130 valence electrons. The maximum atomic E-state index is 12.5. The molecule has 0 radical (unpaired) electrons. The predicted molar refractivity (Wildman–Crippen MR) is 90.2 cm³/mol. The van der Waals surface area contributed by atoms with Gasteiger partial charge in [-0.1, -0.05) is 6.92 Å². The van der Waals surface area contributed by atoms with Gasteiger partial charge in [-0.25, -0.2) is 4.79 Å². The molecule has 0 spiro atoms. The highest BCUT2D eigenvalue weighted by atomic mass is 16.2. The molecule has 1 aromatic heterocycles. The highest BCUT2D eigenvalue weighted by molar-refractivity contribution is 5.74. The molecule has 0 unspecified atom stereocenters. The van der Waals surface area contributed by atoms with E-state index in [0.29, 0.717) is 18.2 Å². The first-order chi connectivity index (χ1) is 11.7. The van der Waals surface area contributed by atoms with Gasteiger partial charge in [0.15, 0.2) is 5.69 Å². The van der Waals surface area contributed by atoms with Gasteiger partial charge in [0.1, 0.15) is 6.07 Å². The van der Waals surface area contributed by atoms with E-state index in [1.165, 1.54) is 0 Å². The second kappa shape index (κ2) is 7.67. The van der Waals surface area contributed by atoms with Crippen LogP contribution in [-0.2, 0) is 13.1 Å². The number of likely N-dealkylation sites (tertiary alicyclic amines) is 1. The van der Waals surface area contributed by atoms with Crippen LogP contribution >= 0.6 is 0 Å². The Hall–Kier alpha value is -2.07. The third-order valence-electron chi connectivity index (χ3n) is 5.11. The molecule has 24 heavy (non-hydrogen) atoms. The van der Waals surface area contributed by atoms with Crippen LogP contribution in [0.3, 0.4) is 0 Å². The molecule has 3 heterocycles. The Morgan fingerprint density at radius 3 is 2.88 bits per heavy atom. The predicted octanol–water partition coefficient (Wildman–Crippen LogP) is 1.40. The van der Waals surface area contributed by atoms with Gasteiger partial charge in [-0.3, -0.25) is 4.68 Å². The summed E-state index contributed by atoms with van der Waals surface area (Å²) in [6.45, 7) is 8.36. The fourth-order valence-corrected chi connectivity index (χ4v) is 3.54. The van der Waals surface area contributed by atoms with Crippen molar-refractivity contribution in [3.63, 3.8) is 0 Å². The van der Waals surface area contributed by atoms with Gasteiger partial charge < -0.3 is 15.1 Å². The van der Waals surface area contributed by atoms with Crippen LogP contribution in [0.2, 0.25) is 0 Å². The van der Waals surface area contributed by atoms with Crippen molar-refractivity contribution in [1.82, 2.24) is 24.9 Å². The Bertz CT molecular complexity index is 611. The van der Waals surface area contributed by atoms with Crippen LogP contribution in [0, 0.1) is 17.2 Å². The fourth-order valence-electron chi connectivity index (χ4n) is 3.54. The lowest BCUT2D eigenvalue weighted by atomic mass is 9.97. The summed E-state index contributed by atoms with van der Waals surface area (Å²) in [5.74, 6) is 0.583. The number of nitriles is 1. The molecule has 7 nitrogen and oxygen atoms in total. The van der Waals surface area contributed by atoms with Crippen molar-refractivity contribution in [3.8, 4) is 6.07 Å². The maximum absolute atomic E-state index is 12.5. The monoisotopic (exact) mass is 330 g/mol. The number of piperidine rings is 1. The summed E-state index contributed by atoms with van der Waals surface area (Å²) in [5, 5.41) is 16.3. The number of carbonyl (C=O) groups excluding carboxylic acids is 1. The smallest absolute Gasteiger partial charge is 0.317 e. The van der Waals surface area contributed by atoms with Crippen LogP contribution in [-0.4, -0.2) is 58.3 Å². The van der Waals surface area contributed by atoms with Crippen molar-refractivity contribution < 1.29 is 4.79 Å². The summed E-state index contributed by atoms with van der Waals surface area (Å²) in [5.41, 5.74) is 1.37. The van der Waals surface area contributed by atoms with Gasteiger partial charge in [-0.2, -0.15) is 10.4 Å². The third kappa shape index (κ3) is 3.88. The van der Waals surface area contributed by atoms with Crippen LogP contribution < -0.4 is 5.32 Å². The first-order valence-electron chi connectivity index (χ1n) is 8.91. The molecule has 3 rings (SSSR count). The largest absolute Gasteiger partial charge is 0.338 e. The average molecular weight is 330 g/mol. The zero-order valence-corrected chi connectivity index (χ0v) is 14.4. The van der Waals surface area contributed by atoms with Gasteiger partial charge >= 0.3 is 6.03 Å². The Morgan fingerprint density at radius 2 is 2.17 bits per heavy atom. The van der Waals surface area contributed by atoms with Crippen LogP contribution in [0.15, 0.2) is 6.07 Å². The second-order valence-electron chi connectivity index (χ2n) is 6.69. The minimum atomic E-state index is 0.000999. The van der Waals surface area contributed by atoms with Crippen molar-refractivity contribution in [1.29, 1.82) is 5.26 Å². The third-order valence-corrected chi connectivity index (χ3v) is 5.11. The Kier molecular flexibility index (Phi) is 5.36. The van der Waals surface area contributed by atoms with Crippen LogP contribution in [0.25, 0.3) is 0 Å². The van der Waals surface area contributed by atoms with E-state index < -0.39 is 0 Å². The summed E-state index contributed by atoms with van der Waals surface area (Å²) in [6, 6.07) is 3.85. The molecule has 0 aromatic carbocycles. The Morgan fingerprint density at radius 1 is 1.38 bits per heavy atom. The molecule has 2 aliphatic heterocycles. The van der Waals surface area contributed by atoms with E-state index in [1.807, 2.05) is 9.58 Å². The zero-order chi connectivity index (χ0) is 16.9. The van der Waals surface area contributed by atoms with E-state index in [9.17, 15) is 4.79 Å². The fraction of sp³-hybridized carbons (Fsp3) is 0.706. The minimum Gasteiger partial charge on any atom is -0.338 e. The highest BCUT2D eigenvalue weighted by Crippen LogP contribution is 2.17. The minimum absolute atomic E-state index is 0.000999. The van der Waals surface area contributed by atoms with Gasteiger partial charge in [0, 0.05) is 19.6 Å². The molecule has 0 atom stereocenters. The molecule has 0 bridgehead atoms. The van der Waals surface area contributed by atoms with Crippen molar-refractivity contribution >= 4 is 6.03 Å². The number of fused-ring (bicyclic) bond motifs is 1. The quantitative estimate of drug-likeness (QED) is 0.909. The van der Waals surface area contributed by atoms with E-state index in [4.69, 9.17) is 5.26 Å². The molecular formula is C17H26N6O. The normalized spacial score (nSPS) is 19.4. The molecular weight excluding hydrogens is 304 g/mol. The summed E-state index contributed by atoms with van der Waals surface area (Å²) in [4.78, 5) is 16.8. The summed E-state index contributed by atoms with van der Waals surface area (Å²) < 4.78 is 1.85. The van der Waals surface area contributed by atoms with Crippen LogP contribution in [0.5, 0.6) is 0 Å². The number of nitrogens with one attached hydrogen (secondary N) is 1. The average Bonchev–Trinajstić information content (AvgIpc) is 2.90. The Balaban J connectivity index is 1.51. The van der Waals surface area contributed by atoms with Gasteiger partial charge in [-0.05, 0) is 50.9 Å². The standard InChI is InChI=1S/C17H26N6O/c1-2-21-8-4-14(5-9-21)12-19-17(24)22-6-3-7-23-16(13-22)10-15(11-18)20-23/h10,14H,2-9,12-13H2,1H3,(H,19,24). The molecule has 2 aliphatic rings. The molecule has 2 amide bonds. The van der Waals surface area contributed by atoms with Gasteiger partial charge in [0.05, 0.1) is 12.2 Å². The molecule has 1 N–H and O–H groups in total. The van der Waals surface area contributed by atoms with Crippen LogP contribution in [0.4, 0.5) is 4.79 Å². The SMILES string of the molecule is CCN1CCC(CNC(=O)N2CCCn3nc(C#N)cc3C2)CC1. The number of urea groups is 1. The number of hydrogen-bond acceptors (Lipinski definition) is 4. The number of nitrogens with zero attached hydrogens (tertiary/aromatic N) is 5. The lowest BCUT2D eigenvalue weighted by Gasteiger charge is -2.31. The van der Waals surface area contributed by atoms with E-state index in [-0.39, 0.29) is 6.03 Å². The highest BCUT2D eigenvalue weighted by Gasteiger charge is 2.23. The van der Waals surface area contributed by atoms with Crippen molar-refractivity contribution in [2.75, 3.05) is 32.7 Å². The van der Waals surface area contributed by atoms with Crippen molar-refractivity contribution in [2.45, 2.75) is 39.3 Å². The summed E-state index contributed by atoms with van der Waals surface area (Å²) in [7, 11) is 0. The number of aryl methyl sites for hydroxylation is 1. The van der Waals surface area contributed by atoms with E-state index in [1.54, 1.807) is 6.07 Å². The van der Waals surface area contributed by atoms with Gasteiger partial charge in [0.25, 0.3) is 0 Å². The molecule has 1 aromatic rings. The van der Waals surface area contributed by atoms with Crippen molar-refractivity contribution in [2.24, 2.45) is 5.92 Å². The molecule has 1 saturated heterocycles. The zero-order valence-electron chi connectivity index (χ0n) is 14.4. The lowest BCUT2D eigenvalue weighted by molar-refractivity contribution is 0.176. The van der Waals surface area contributed by atoms with Gasteiger partial charge in [0.2, 0.25) is 0 Å². The number of aromatic nitrogens is 2. The summed E-state index contributed by atoms with van der Waals surface area (Å²) >= 11 is 0. The van der Waals surface area contributed by atoms with Gasteiger partial charge in [-0.15, -0.1) is 0 Å². The Labute approximate surface area is 143 Å². The number of amides is 2. The molecule has 7 heteroatoms. The second-order valence-corrected chi connectivity index (χ2v) is 6.69. The van der Waals surface area contributed by atoms with Crippen molar-refractivity contribution in [3.05, 3.63) is 17.5 Å². The molecule has 1 fully saturated rings. The molecule has 0 saturated carbocycles. The molecule has 0 aliphatic carbocycles. The number of rotatable bonds is 3. The van der Waals surface area contributed by atoms with E-state index in [0.717, 1.165) is 64.2 Å². The lowest BCUT2D eigenvalue weighted by Crippen LogP contribution is -2.43. The number of carbonyl (C=O) groups is 1. The number of hydrogen-bond donors (Lipinski definition) is 1. The first kappa shape index (κ1) is 16.8. The maximum Gasteiger partial charge on any atom is 0.317 e. The summed E-state index contributed by atoms with van der Waals surface area (Å²) in [6.07, 6.45) is 3.18. The van der Waals surface area contributed by atoms with E-state index >= 15 is 0 Å². The van der Waals surface area contributed by atoms with E-state index in [2.05, 4.69) is 28.3 Å².